The van der Waals surface area contributed by atoms with Crippen LogP contribution >= 0.6 is 0 Å². The Morgan fingerprint density at radius 1 is 1.62 bits per heavy atom. The second-order valence-corrected chi connectivity index (χ2v) is 2.46. The Kier molecular flexibility index (Phi) is 3.26. The second-order valence-electron chi connectivity index (χ2n) is 2.46. The first-order chi connectivity index (χ1) is 3.66. The average Bonchev–Trinajstić information content (AvgIpc) is 1.65. The standard InChI is InChI=1S/C7H12N/c1-6(2)4-7(3)5-8/h6-7H,3-4H2,1-2H3. The van der Waals surface area contributed by atoms with Crippen LogP contribution in [0.25, 0.3) is 0 Å². The van der Waals surface area contributed by atoms with Gasteiger partial charge in [0.1, 0.15) is 0 Å². The van der Waals surface area contributed by atoms with E-state index < -0.39 is 0 Å². The van der Waals surface area contributed by atoms with E-state index in [1.54, 1.807) is 0 Å². The SMILES string of the molecule is [CH2]C(C#N)CC(C)C. The lowest BCUT2D eigenvalue weighted by molar-refractivity contribution is 0.537. The van der Waals surface area contributed by atoms with Gasteiger partial charge in [-0.25, -0.2) is 0 Å². The summed E-state index contributed by atoms with van der Waals surface area (Å²) < 4.78 is 0. The Balaban J connectivity index is 3.28. The van der Waals surface area contributed by atoms with Crippen molar-refractivity contribution in [2.45, 2.75) is 20.3 Å². The van der Waals surface area contributed by atoms with Crippen molar-refractivity contribution >= 4 is 0 Å². The third-order valence-corrected chi connectivity index (χ3v) is 0.938. The summed E-state index contributed by atoms with van der Waals surface area (Å²) in [5, 5.41) is 8.27. The van der Waals surface area contributed by atoms with Gasteiger partial charge < -0.3 is 0 Å². The zero-order valence-corrected chi connectivity index (χ0v) is 5.52. The molecule has 1 unspecified atom stereocenters. The van der Waals surface area contributed by atoms with Gasteiger partial charge in [0.2, 0.25) is 0 Å². The van der Waals surface area contributed by atoms with Gasteiger partial charge in [-0.1, -0.05) is 13.8 Å². The molecule has 0 rings (SSSR count). The average molecular weight is 110 g/mol. The first-order valence-electron chi connectivity index (χ1n) is 2.89. The lowest BCUT2D eigenvalue weighted by atomic mass is 10.0. The lowest BCUT2D eigenvalue weighted by Crippen LogP contribution is -1.95. The Morgan fingerprint density at radius 3 is 2.25 bits per heavy atom. The predicted molar refractivity (Wildman–Crippen MR) is 33.9 cm³/mol. The molecule has 0 amide bonds. The summed E-state index contributed by atoms with van der Waals surface area (Å²) in [5.41, 5.74) is 0. The molecule has 0 aliphatic rings. The summed E-state index contributed by atoms with van der Waals surface area (Å²) in [4.78, 5) is 0. The van der Waals surface area contributed by atoms with Crippen LogP contribution in [0.15, 0.2) is 0 Å². The molecule has 0 saturated heterocycles. The van der Waals surface area contributed by atoms with Crippen LogP contribution in [0.4, 0.5) is 0 Å². The molecule has 0 fully saturated rings. The molecule has 1 radical (unpaired) electrons. The highest BCUT2D eigenvalue weighted by atomic mass is 14.3. The van der Waals surface area contributed by atoms with Gasteiger partial charge in [0.05, 0.1) is 6.07 Å². The van der Waals surface area contributed by atoms with Gasteiger partial charge >= 0.3 is 0 Å². The fourth-order valence-corrected chi connectivity index (χ4v) is 0.622. The Bertz CT molecular complexity index is 89.1. The van der Waals surface area contributed by atoms with Crippen molar-refractivity contribution in [1.82, 2.24) is 0 Å². The number of rotatable bonds is 2. The van der Waals surface area contributed by atoms with Gasteiger partial charge in [0, 0.05) is 5.92 Å². The first kappa shape index (κ1) is 7.49. The zero-order chi connectivity index (χ0) is 6.57. The molecule has 0 aromatic carbocycles. The van der Waals surface area contributed by atoms with Crippen LogP contribution in [0, 0.1) is 30.1 Å². The summed E-state index contributed by atoms with van der Waals surface area (Å²) in [5.74, 6) is 0.576. The quantitative estimate of drug-likeness (QED) is 0.533. The van der Waals surface area contributed by atoms with E-state index in [2.05, 4.69) is 26.8 Å². The minimum atomic E-state index is -0.0185. The van der Waals surface area contributed by atoms with Gasteiger partial charge in [-0.3, -0.25) is 0 Å². The summed E-state index contributed by atoms with van der Waals surface area (Å²) in [7, 11) is 0. The van der Waals surface area contributed by atoms with E-state index in [1.165, 1.54) is 0 Å². The Hall–Kier alpha value is -0.510. The lowest BCUT2D eigenvalue weighted by Gasteiger charge is -2.03. The minimum absolute atomic E-state index is 0.0185. The maximum absolute atomic E-state index is 8.27. The van der Waals surface area contributed by atoms with Crippen LogP contribution in [0.2, 0.25) is 0 Å². The first-order valence-corrected chi connectivity index (χ1v) is 2.89. The molecule has 1 heteroatoms. The fourth-order valence-electron chi connectivity index (χ4n) is 0.622. The number of hydrogen-bond acceptors (Lipinski definition) is 1. The summed E-state index contributed by atoms with van der Waals surface area (Å²) in [6.45, 7) is 7.82. The maximum Gasteiger partial charge on any atom is 0.0655 e. The summed E-state index contributed by atoms with van der Waals surface area (Å²) in [6.07, 6.45) is 0.913. The highest BCUT2D eigenvalue weighted by Crippen LogP contribution is 2.07. The van der Waals surface area contributed by atoms with Crippen molar-refractivity contribution in [3.05, 3.63) is 6.92 Å². The van der Waals surface area contributed by atoms with Gasteiger partial charge in [0.15, 0.2) is 0 Å². The summed E-state index contributed by atoms with van der Waals surface area (Å²) >= 11 is 0. The molecule has 0 N–H and O–H groups in total. The Morgan fingerprint density at radius 2 is 2.12 bits per heavy atom. The molecule has 0 aliphatic heterocycles. The molecule has 0 aliphatic carbocycles. The van der Waals surface area contributed by atoms with Gasteiger partial charge in [-0.05, 0) is 19.3 Å². The smallest absolute Gasteiger partial charge is 0.0655 e. The van der Waals surface area contributed by atoms with Crippen LogP contribution < -0.4 is 0 Å². The van der Waals surface area contributed by atoms with E-state index in [9.17, 15) is 0 Å². The molecule has 1 atom stereocenters. The van der Waals surface area contributed by atoms with Crippen molar-refractivity contribution in [2.75, 3.05) is 0 Å². The van der Waals surface area contributed by atoms with Crippen LogP contribution in [0.3, 0.4) is 0 Å². The normalized spacial score (nSPS) is 13.4. The van der Waals surface area contributed by atoms with Crippen LogP contribution in [0.5, 0.6) is 0 Å². The van der Waals surface area contributed by atoms with E-state index in [4.69, 9.17) is 5.26 Å². The third-order valence-electron chi connectivity index (χ3n) is 0.938. The van der Waals surface area contributed by atoms with Crippen LogP contribution in [-0.2, 0) is 0 Å². The molecule has 0 bridgehead atoms. The largest absolute Gasteiger partial charge is 0.198 e. The molecule has 0 aromatic rings. The number of nitrogens with zero attached hydrogens (tertiary/aromatic N) is 1. The monoisotopic (exact) mass is 110 g/mol. The topological polar surface area (TPSA) is 23.8 Å². The molecule has 0 aromatic heterocycles. The van der Waals surface area contributed by atoms with Crippen molar-refractivity contribution in [3.63, 3.8) is 0 Å². The van der Waals surface area contributed by atoms with Gasteiger partial charge in [-0.15, -0.1) is 0 Å². The van der Waals surface area contributed by atoms with E-state index in [-0.39, 0.29) is 5.92 Å². The van der Waals surface area contributed by atoms with Crippen LogP contribution in [-0.4, -0.2) is 0 Å². The molecular weight excluding hydrogens is 98.1 g/mol. The van der Waals surface area contributed by atoms with Crippen molar-refractivity contribution in [2.24, 2.45) is 11.8 Å². The highest BCUT2D eigenvalue weighted by Gasteiger charge is 2.00. The molecule has 45 valence electrons. The van der Waals surface area contributed by atoms with Crippen molar-refractivity contribution < 1.29 is 0 Å². The van der Waals surface area contributed by atoms with E-state index in [1.807, 2.05) is 0 Å². The molecule has 1 nitrogen and oxygen atoms in total. The zero-order valence-electron chi connectivity index (χ0n) is 5.52. The predicted octanol–water partition coefficient (Wildman–Crippen LogP) is 2.01. The molecule has 0 spiro atoms. The number of hydrogen-bond donors (Lipinski definition) is 0. The second kappa shape index (κ2) is 3.49. The highest BCUT2D eigenvalue weighted by molar-refractivity contribution is 4.84. The van der Waals surface area contributed by atoms with Crippen molar-refractivity contribution in [1.29, 1.82) is 5.26 Å². The van der Waals surface area contributed by atoms with E-state index in [0.29, 0.717) is 5.92 Å². The van der Waals surface area contributed by atoms with E-state index in [0.717, 1.165) is 6.42 Å². The minimum Gasteiger partial charge on any atom is -0.198 e. The molecule has 8 heavy (non-hydrogen) atoms. The fraction of sp³-hybridized carbons (Fsp3) is 0.714. The van der Waals surface area contributed by atoms with E-state index >= 15 is 0 Å². The molecule has 0 heterocycles. The van der Waals surface area contributed by atoms with Gasteiger partial charge in [0.25, 0.3) is 0 Å². The summed E-state index contributed by atoms with van der Waals surface area (Å²) in [6, 6.07) is 2.09. The molecule has 0 saturated carbocycles. The van der Waals surface area contributed by atoms with Gasteiger partial charge in [-0.2, -0.15) is 5.26 Å². The van der Waals surface area contributed by atoms with Crippen molar-refractivity contribution in [3.8, 4) is 6.07 Å². The third kappa shape index (κ3) is 3.67. The van der Waals surface area contributed by atoms with Crippen LogP contribution in [0.1, 0.15) is 20.3 Å². The Labute approximate surface area is 51.3 Å². The number of nitriles is 1. The molecular formula is C7H12N. The maximum atomic E-state index is 8.27.